The first kappa shape index (κ1) is 16.8. The van der Waals surface area contributed by atoms with Crippen LogP contribution in [0.1, 0.15) is 10.4 Å². The molecule has 6 nitrogen and oxygen atoms in total. The number of carboxylic acids is 1. The van der Waals surface area contributed by atoms with Crippen molar-refractivity contribution in [3.8, 4) is 0 Å². The van der Waals surface area contributed by atoms with Crippen molar-refractivity contribution >= 4 is 27.6 Å². The Bertz CT molecular complexity index is 620. The molecule has 0 aromatic heterocycles. The van der Waals surface area contributed by atoms with E-state index in [0.717, 1.165) is 18.2 Å². The standard InChI is InChI=1S/C10H10ClF2NO5S/c11-8-3-6(1-2-7(8)9(16)17)20(18,19)14-4-10(12,13)5-15/h1-3,14-15H,4-5H2,(H,16,17). The van der Waals surface area contributed by atoms with Crippen LogP contribution in [0.5, 0.6) is 0 Å². The number of rotatable bonds is 6. The minimum atomic E-state index is -4.29. The van der Waals surface area contributed by atoms with Crippen LogP contribution in [-0.4, -0.2) is 43.7 Å². The summed E-state index contributed by atoms with van der Waals surface area (Å²) in [6.45, 7) is -2.79. The largest absolute Gasteiger partial charge is 0.478 e. The van der Waals surface area contributed by atoms with E-state index in [2.05, 4.69) is 0 Å². The average Bonchev–Trinajstić information content (AvgIpc) is 2.36. The van der Waals surface area contributed by atoms with Crippen molar-refractivity contribution < 1.29 is 32.2 Å². The van der Waals surface area contributed by atoms with Gasteiger partial charge in [-0.15, -0.1) is 0 Å². The lowest BCUT2D eigenvalue weighted by molar-refractivity contribution is -0.0437. The molecule has 0 saturated heterocycles. The summed E-state index contributed by atoms with van der Waals surface area (Å²) in [5, 5.41) is 16.7. The van der Waals surface area contributed by atoms with E-state index in [1.165, 1.54) is 0 Å². The van der Waals surface area contributed by atoms with Gasteiger partial charge < -0.3 is 10.2 Å². The molecule has 0 aliphatic heterocycles. The maximum absolute atomic E-state index is 12.8. The predicted octanol–water partition coefficient (Wildman–Crippen LogP) is 0.944. The normalized spacial score (nSPS) is 12.4. The van der Waals surface area contributed by atoms with Crippen LogP contribution in [0.2, 0.25) is 5.02 Å². The van der Waals surface area contributed by atoms with Crippen molar-refractivity contribution in [1.82, 2.24) is 4.72 Å². The zero-order chi connectivity index (χ0) is 15.6. The number of hydrogen-bond acceptors (Lipinski definition) is 4. The van der Waals surface area contributed by atoms with Gasteiger partial charge in [-0.25, -0.2) is 26.7 Å². The second kappa shape index (κ2) is 6.00. The van der Waals surface area contributed by atoms with Crippen LogP contribution >= 0.6 is 11.6 Å². The molecular weight excluding hydrogens is 320 g/mol. The smallest absolute Gasteiger partial charge is 0.337 e. The summed E-state index contributed by atoms with van der Waals surface area (Å²) in [6.07, 6.45) is 0. The van der Waals surface area contributed by atoms with E-state index in [1.54, 1.807) is 4.72 Å². The maximum Gasteiger partial charge on any atom is 0.337 e. The predicted molar refractivity (Wildman–Crippen MR) is 65.6 cm³/mol. The topological polar surface area (TPSA) is 104 Å². The van der Waals surface area contributed by atoms with Crippen molar-refractivity contribution in [2.45, 2.75) is 10.8 Å². The summed E-state index contributed by atoms with van der Waals surface area (Å²) in [5.74, 6) is -4.95. The van der Waals surface area contributed by atoms with E-state index in [-0.39, 0.29) is 10.6 Å². The second-order valence-corrected chi connectivity index (χ2v) is 5.96. The van der Waals surface area contributed by atoms with E-state index in [4.69, 9.17) is 21.8 Å². The third kappa shape index (κ3) is 4.10. The van der Waals surface area contributed by atoms with Gasteiger partial charge in [0.05, 0.1) is 22.0 Å². The first-order valence-electron chi connectivity index (χ1n) is 5.10. The molecule has 0 heterocycles. The summed E-state index contributed by atoms with van der Waals surface area (Å²) < 4.78 is 50.5. The Hall–Kier alpha value is -1.29. The van der Waals surface area contributed by atoms with Crippen molar-refractivity contribution in [1.29, 1.82) is 0 Å². The zero-order valence-corrected chi connectivity index (χ0v) is 11.4. The van der Waals surface area contributed by atoms with Crippen molar-refractivity contribution in [2.24, 2.45) is 0 Å². The van der Waals surface area contributed by atoms with Crippen LogP contribution in [0.4, 0.5) is 8.78 Å². The Morgan fingerprint density at radius 1 is 1.40 bits per heavy atom. The molecule has 0 aliphatic carbocycles. The van der Waals surface area contributed by atoms with Crippen molar-refractivity contribution in [3.63, 3.8) is 0 Å². The molecular formula is C10H10ClF2NO5S. The zero-order valence-electron chi connectivity index (χ0n) is 9.81. The number of aliphatic hydroxyl groups excluding tert-OH is 1. The third-order valence-corrected chi connectivity index (χ3v) is 3.95. The number of sulfonamides is 1. The molecule has 0 saturated carbocycles. The highest BCUT2D eigenvalue weighted by Gasteiger charge is 2.30. The molecule has 10 heteroatoms. The average molecular weight is 330 g/mol. The van der Waals surface area contributed by atoms with E-state index < -0.39 is 40.0 Å². The molecule has 3 N–H and O–H groups in total. The Kier molecular flexibility index (Phi) is 5.03. The molecule has 0 aliphatic rings. The van der Waals surface area contributed by atoms with Gasteiger partial charge in [-0.3, -0.25) is 0 Å². The number of aromatic carboxylic acids is 1. The molecule has 0 unspecified atom stereocenters. The molecule has 0 bridgehead atoms. The highest BCUT2D eigenvalue weighted by atomic mass is 35.5. The Morgan fingerprint density at radius 3 is 2.45 bits per heavy atom. The number of benzene rings is 1. The van der Waals surface area contributed by atoms with E-state index >= 15 is 0 Å². The minimum absolute atomic E-state index is 0.314. The number of carbonyl (C=O) groups is 1. The van der Waals surface area contributed by atoms with Crippen molar-refractivity contribution in [2.75, 3.05) is 13.2 Å². The molecule has 0 fully saturated rings. The lowest BCUT2D eigenvalue weighted by atomic mass is 10.2. The van der Waals surface area contributed by atoms with Gasteiger partial charge in [0.25, 0.3) is 5.92 Å². The molecule has 0 atom stereocenters. The summed E-state index contributed by atoms with van der Waals surface area (Å²) in [5.41, 5.74) is -0.314. The summed E-state index contributed by atoms with van der Waals surface area (Å²) in [7, 11) is -4.29. The number of aliphatic hydroxyl groups is 1. The SMILES string of the molecule is O=C(O)c1ccc(S(=O)(=O)NCC(F)(F)CO)cc1Cl. The molecule has 20 heavy (non-hydrogen) atoms. The lowest BCUT2D eigenvalue weighted by Gasteiger charge is -2.14. The molecule has 112 valence electrons. The second-order valence-electron chi connectivity index (χ2n) is 3.79. The molecule has 1 aromatic carbocycles. The highest BCUT2D eigenvalue weighted by Crippen LogP contribution is 2.21. The summed E-state index contributed by atoms with van der Waals surface area (Å²) >= 11 is 5.59. The van der Waals surface area contributed by atoms with Crippen LogP contribution in [0.3, 0.4) is 0 Å². The van der Waals surface area contributed by atoms with Gasteiger partial charge in [0, 0.05) is 0 Å². The Morgan fingerprint density at radius 2 is 2.00 bits per heavy atom. The van der Waals surface area contributed by atoms with Gasteiger partial charge in [-0.05, 0) is 18.2 Å². The monoisotopic (exact) mass is 329 g/mol. The van der Waals surface area contributed by atoms with Gasteiger partial charge >= 0.3 is 5.97 Å². The van der Waals surface area contributed by atoms with Gasteiger partial charge in [-0.1, -0.05) is 11.6 Å². The summed E-state index contributed by atoms with van der Waals surface area (Å²) in [4.78, 5) is 10.2. The van der Waals surface area contributed by atoms with E-state index in [1.807, 2.05) is 0 Å². The Balaban J connectivity index is 2.99. The molecule has 0 amide bonds. The number of hydrogen-bond donors (Lipinski definition) is 3. The fraction of sp³-hybridized carbons (Fsp3) is 0.300. The first-order valence-corrected chi connectivity index (χ1v) is 6.96. The third-order valence-electron chi connectivity index (χ3n) is 2.23. The maximum atomic E-state index is 12.8. The van der Waals surface area contributed by atoms with Crippen LogP contribution in [0, 0.1) is 0 Å². The first-order chi connectivity index (χ1) is 9.09. The number of alkyl halides is 2. The Labute approximate surface area is 118 Å². The van der Waals surface area contributed by atoms with E-state index in [9.17, 15) is 22.0 Å². The van der Waals surface area contributed by atoms with E-state index in [0.29, 0.717) is 0 Å². The van der Waals surface area contributed by atoms with Crippen LogP contribution in [0.15, 0.2) is 23.1 Å². The van der Waals surface area contributed by atoms with Gasteiger partial charge in [-0.2, -0.15) is 0 Å². The highest BCUT2D eigenvalue weighted by molar-refractivity contribution is 7.89. The fourth-order valence-electron chi connectivity index (χ4n) is 1.18. The fourth-order valence-corrected chi connectivity index (χ4v) is 2.59. The molecule has 1 rings (SSSR count). The van der Waals surface area contributed by atoms with Gasteiger partial charge in [0.2, 0.25) is 10.0 Å². The lowest BCUT2D eigenvalue weighted by Crippen LogP contribution is -2.38. The van der Waals surface area contributed by atoms with Crippen LogP contribution in [0.25, 0.3) is 0 Å². The van der Waals surface area contributed by atoms with Crippen LogP contribution < -0.4 is 4.72 Å². The molecule has 0 spiro atoms. The molecule has 1 aromatic rings. The van der Waals surface area contributed by atoms with Gasteiger partial charge in [0.1, 0.15) is 6.61 Å². The number of carboxylic acid groups (broad SMARTS) is 1. The van der Waals surface area contributed by atoms with Gasteiger partial charge in [0.15, 0.2) is 0 Å². The quantitative estimate of drug-likeness (QED) is 0.720. The minimum Gasteiger partial charge on any atom is -0.478 e. The van der Waals surface area contributed by atoms with Crippen molar-refractivity contribution in [3.05, 3.63) is 28.8 Å². The number of nitrogens with one attached hydrogen (secondary N) is 1. The van der Waals surface area contributed by atoms with Crippen LogP contribution in [-0.2, 0) is 10.0 Å². The molecule has 0 radical (unpaired) electrons. The summed E-state index contributed by atoms with van der Waals surface area (Å²) in [6, 6.07) is 2.71. The number of halogens is 3.